The Bertz CT molecular complexity index is 605. The van der Waals surface area contributed by atoms with Crippen LogP contribution in [0, 0.1) is 5.92 Å². The summed E-state index contributed by atoms with van der Waals surface area (Å²) < 4.78 is 16.1. The summed E-state index contributed by atoms with van der Waals surface area (Å²) in [5.74, 6) is 1.69. The number of hydrogen-bond donors (Lipinski definition) is 1. The standard InChI is InChI=1S/C18H26N2O4.ClH/c1-22-15-9-13-3-6-20(11-14(13)10-16(15)23-2)18(21)17(19)12-4-7-24-8-5-12;/h9-10,12,17H,3-8,11,19H2,1-2H3;1H. The van der Waals surface area contributed by atoms with Gasteiger partial charge in [-0.25, -0.2) is 0 Å². The van der Waals surface area contributed by atoms with Crippen LogP contribution in [0.2, 0.25) is 0 Å². The number of rotatable bonds is 4. The maximum atomic E-state index is 12.8. The van der Waals surface area contributed by atoms with E-state index in [1.54, 1.807) is 14.2 Å². The Labute approximate surface area is 155 Å². The number of carbonyl (C=O) groups is 1. The Hall–Kier alpha value is -1.50. The molecule has 2 aliphatic rings. The van der Waals surface area contributed by atoms with Gasteiger partial charge >= 0.3 is 0 Å². The van der Waals surface area contributed by atoms with Gasteiger partial charge in [-0.2, -0.15) is 0 Å². The number of fused-ring (bicyclic) bond motifs is 1. The lowest BCUT2D eigenvalue weighted by Gasteiger charge is -2.34. The highest BCUT2D eigenvalue weighted by Gasteiger charge is 2.31. The first-order valence-corrected chi connectivity index (χ1v) is 8.50. The normalized spacial score (nSPS) is 18.8. The van der Waals surface area contributed by atoms with Crippen molar-refractivity contribution in [2.75, 3.05) is 34.0 Å². The molecular weight excluding hydrogens is 344 g/mol. The topological polar surface area (TPSA) is 74.0 Å². The molecule has 140 valence electrons. The van der Waals surface area contributed by atoms with E-state index in [2.05, 4.69) is 0 Å². The maximum Gasteiger partial charge on any atom is 0.240 e. The quantitative estimate of drug-likeness (QED) is 0.874. The molecule has 0 aliphatic carbocycles. The zero-order valence-electron chi connectivity index (χ0n) is 14.8. The van der Waals surface area contributed by atoms with Crippen molar-refractivity contribution in [2.24, 2.45) is 11.7 Å². The number of nitrogens with zero attached hydrogens (tertiary/aromatic N) is 1. The molecule has 3 rings (SSSR count). The van der Waals surface area contributed by atoms with E-state index in [1.165, 1.54) is 5.56 Å². The summed E-state index contributed by atoms with van der Waals surface area (Å²) >= 11 is 0. The lowest BCUT2D eigenvalue weighted by molar-refractivity contribution is -0.135. The van der Waals surface area contributed by atoms with Crippen LogP contribution in [0.4, 0.5) is 0 Å². The summed E-state index contributed by atoms with van der Waals surface area (Å²) in [5.41, 5.74) is 8.56. The molecular formula is C18H27ClN2O4. The van der Waals surface area contributed by atoms with Gasteiger partial charge in [-0.05, 0) is 48.4 Å². The van der Waals surface area contributed by atoms with E-state index in [9.17, 15) is 4.79 Å². The van der Waals surface area contributed by atoms with Gasteiger partial charge in [-0.15, -0.1) is 12.4 Å². The number of hydrogen-bond acceptors (Lipinski definition) is 5. The molecule has 7 heteroatoms. The van der Waals surface area contributed by atoms with E-state index in [0.717, 1.165) is 30.6 Å². The van der Waals surface area contributed by atoms with Gasteiger partial charge in [0.1, 0.15) is 0 Å². The number of nitrogens with two attached hydrogens (primary N) is 1. The minimum absolute atomic E-state index is 0. The summed E-state index contributed by atoms with van der Waals surface area (Å²) in [6.07, 6.45) is 2.53. The molecule has 0 saturated carbocycles. The van der Waals surface area contributed by atoms with Gasteiger partial charge < -0.3 is 24.8 Å². The number of ether oxygens (including phenoxy) is 3. The molecule has 0 spiro atoms. The summed E-state index contributed by atoms with van der Waals surface area (Å²) in [6.45, 7) is 2.67. The third kappa shape index (κ3) is 4.19. The largest absolute Gasteiger partial charge is 0.493 e. The van der Waals surface area contributed by atoms with Crippen LogP contribution in [-0.4, -0.2) is 50.8 Å². The van der Waals surface area contributed by atoms with Crippen LogP contribution >= 0.6 is 12.4 Å². The molecule has 0 aromatic heterocycles. The van der Waals surface area contributed by atoms with Crippen molar-refractivity contribution >= 4 is 18.3 Å². The summed E-state index contributed by atoms with van der Waals surface area (Å²) in [7, 11) is 3.26. The minimum Gasteiger partial charge on any atom is -0.493 e. The Kier molecular flexibility index (Phi) is 6.93. The third-order valence-corrected chi connectivity index (χ3v) is 5.09. The van der Waals surface area contributed by atoms with Crippen LogP contribution in [0.15, 0.2) is 12.1 Å². The zero-order valence-corrected chi connectivity index (χ0v) is 15.6. The Morgan fingerprint density at radius 3 is 2.40 bits per heavy atom. The van der Waals surface area contributed by atoms with Crippen LogP contribution < -0.4 is 15.2 Å². The molecule has 1 unspecified atom stereocenters. The van der Waals surface area contributed by atoms with Crippen molar-refractivity contribution in [3.63, 3.8) is 0 Å². The molecule has 1 amide bonds. The molecule has 2 heterocycles. The van der Waals surface area contributed by atoms with E-state index in [-0.39, 0.29) is 24.2 Å². The predicted octanol–water partition coefficient (Wildman–Crippen LogP) is 1.76. The summed E-state index contributed by atoms with van der Waals surface area (Å²) in [5, 5.41) is 0. The van der Waals surface area contributed by atoms with E-state index in [1.807, 2.05) is 17.0 Å². The van der Waals surface area contributed by atoms with Gasteiger partial charge in [-0.1, -0.05) is 0 Å². The third-order valence-electron chi connectivity index (χ3n) is 5.09. The van der Waals surface area contributed by atoms with E-state index >= 15 is 0 Å². The van der Waals surface area contributed by atoms with E-state index in [0.29, 0.717) is 32.1 Å². The van der Waals surface area contributed by atoms with Gasteiger partial charge in [-0.3, -0.25) is 4.79 Å². The van der Waals surface area contributed by atoms with Crippen molar-refractivity contribution in [2.45, 2.75) is 31.8 Å². The van der Waals surface area contributed by atoms with Crippen LogP contribution in [0.5, 0.6) is 11.5 Å². The second kappa shape index (κ2) is 8.74. The highest BCUT2D eigenvalue weighted by Crippen LogP contribution is 2.33. The van der Waals surface area contributed by atoms with Crippen molar-refractivity contribution in [1.29, 1.82) is 0 Å². The Morgan fingerprint density at radius 1 is 1.20 bits per heavy atom. The van der Waals surface area contributed by atoms with Gasteiger partial charge in [0.25, 0.3) is 0 Å². The van der Waals surface area contributed by atoms with Gasteiger partial charge in [0.2, 0.25) is 5.91 Å². The number of methoxy groups -OCH3 is 2. The average Bonchev–Trinajstić information content (AvgIpc) is 2.65. The Morgan fingerprint density at radius 2 is 1.80 bits per heavy atom. The first kappa shape index (κ1) is 19.8. The van der Waals surface area contributed by atoms with Gasteiger partial charge in [0, 0.05) is 26.3 Å². The Balaban J connectivity index is 0.00000225. The van der Waals surface area contributed by atoms with E-state index in [4.69, 9.17) is 19.9 Å². The smallest absolute Gasteiger partial charge is 0.240 e. The second-order valence-corrected chi connectivity index (χ2v) is 6.46. The molecule has 1 aromatic carbocycles. The highest BCUT2D eigenvalue weighted by molar-refractivity contribution is 5.85. The van der Waals surface area contributed by atoms with Gasteiger partial charge in [0.15, 0.2) is 11.5 Å². The number of benzene rings is 1. The van der Waals surface area contributed by atoms with E-state index < -0.39 is 6.04 Å². The fourth-order valence-electron chi connectivity index (χ4n) is 3.56. The first-order valence-electron chi connectivity index (χ1n) is 8.50. The maximum absolute atomic E-state index is 12.8. The molecule has 2 N–H and O–H groups in total. The SMILES string of the molecule is COc1cc2c(cc1OC)CN(C(=O)C(N)C1CCOCC1)CC2.Cl. The highest BCUT2D eigenvalue weighted by atomic mass is 35.5. The molecule has 6 nitrogen and oxygen atoms in total. The lowest BCUT2D eigenvalue weighted by atomic mass is 9.90. The molecule has 1 aromatic rings. The molecule has 2 aliphatic heterocycles. The average molecular weight is 371 g/mol. The number of halogens is 1. The molecule has 0 bridgehead atoms. The molecule has 1 saturated heterocycles. The second-order valence-electron chi connectivity index (χ2n) is 6.46. The minimum atomic E-state index is -0.435. The van der Waals surface area contributed by atoms with Crippen molar-refractivity contribution < 1.29 is 19.0 Å². The monoisotopic (exact) mass is 370 g/mol. The van der Waals surface area contributed by atoms with Crippen molar-refractivity contribution in [3.05, 3.63) is 23.3 Å². The molecule has 0 radical (unpaired) electrons. The van der Waals surface area contributed by atoms with Crippen molar-refractivity contribution in [3.8, 4) is 11.5 Å². The summed E-state index contributed by atoms with van der Waals surface area (Å²) in [6, 6.07) is 3.54. The molecule has 1 atom stereocenters. The fourth-order valence-corrected chi connectivity index (χ4v) is 3.56. The van der Waals surface area contributed by atoms with Crippen LogP contribution in [-0.2, 0) is 22.5 Å². The first-order chi connectivity index (χ1) is 11.6. The number of carbonyl (C=O) groups excluding carboxylic acids is 1. The van der Waals surface area contributed by atoms with Gasteiger partial charge in [0.05, 0.1) is 20.3 Å². The van der Waals surface area contributed by atoms with Crippen LogP contribution in [0.25, 0.3) is 0 Å². The van der Waals surface area contributed by atoms with Crippen molar-refractivity contribution in [1.82, 2.24) is 4.90 Å². The fraction of sp³-hybridized carbons (Fsp3) is 0.611. The number of amides is 1. The predicted molar refractivity (Wildman–Crippen MR) is 97.4 cm³/mol. The lowest BCUT2D eigenvalue weighted by Crippen LogP contribution is -2.50. The van der Waals surface area contributed by atoms with Crippen LogP contribution in [0.3, 0.4) is 0 Å². The zero-order chi connectivity index (χ0) is 17.1. The molecule has 1 fully saturated rings. The summed E-state index contributed by atoms with van der Waals surface area (Å²) in [4.78, 5) is 14.7. The molecule has 25 heavy (non-hydrogen) atoms. The van der Waals surface area contributed by atoms with Crippen LogP contribution in [0.1, 0.15) is 24.0 Å².